The van der Waals surface area contributed by atoms with E-state index in [9.17, 15) is 9.59 Å². The van der Waals surface area contributed by atoms with Crippen LogP contribution in [0.2, 0.25) is 10.0 Å². The average molecular weight is 368 g/mol. The number of ether oxygens (including phenoxy) is 2. The molecule has 5 nitrogen and oxygen atoms in total. The number of anilines is 1. The van der Waals surface area contributed by atoms with Crippen LogP contribution in [0.25, 0.3) is 0 Å². The SMILES string of the molecule is CCOC(=O)c1ccc(NC(=O)COc2cccc(Cl)c2Cl)cc1. The van der Waals surface area contributed by atoms with Crippen molar-refractivity contribution in [3.8, 4) is 5.75 Å². The molecule has 0 bridgehead atoms. The first-order valence-corrected chi connectivity index (χ1v) is 7.90. The number of halogens is 2. The van der Waals surface area contributed by atoms with Crippen molar-refractivity contribution >= 4 is 40.8 Å². The van der Waals surface area contributed by atoms with Gasteiger partial charge in [-0.15, -0.1) is 0 Å². The van der Waals surface area contributed by atoms with Crippen molar-refractivity contribution in [3.63, 3.8) is 0 Å². The van der Waals surface area contributed by atoms with E-state index in [1.807, 2.05) is 0 Å². The van der Waals surface area contributed by atoms with E-state index in [1.165, 1.54) is 0 Å². The summed E-state index contributed by atoms with van der Waals surface area (Å²) < 4.78 is 10.2. The van der Waals surface area contributed by atoms with Gasteiger partial charge in [-0.3, -0.25) is 4.79 Å². The first kappa shape index (κ1) is 18.1. The van der Waals surface area contributed by atoms with Crippen molar-refractivity contribution < 1.29 is 19.1 Å². The normalized spacial score (nSPS) is 10.1. The number of carbonyl (C=O) groups excluding carboxylic acids is 2. The zero-order valence-electron chi connectivity index (χ0n) is 12.8. The van der Waals surface area contributed by atoms with Crippen LogP contribution in [0.1, 0.15) is 17.3 Å². The smallest absolute Gasteiger partial charge is 0.338 e. The standard InChI is InChI=1S/C17H15Cl2NO4/c1-2-23-17(22)11-6-8-12(9-7-11)20-15(21)10-24-14-5-3-4-13(18)16(14)19/h3-9H,2,10H2,1H3,(H,20,21). The minimum atomic E-state index is -0.408. The molecule has 126 valence electrons. The molecular formula is C17H15Cl2NO4. The van der Waals surface area contributed by atoms with Crippen molar-refractivity contribution in [2.24, 2.45) is 0 Å². The van der Waals surface area contributed by atoms with Crippen LogP contribution in [0.15, 0.2) is 42.5 Å². The van der Waals surface area contributed by atoms with Gasteiger partial charge < -0.3 is 14.8 Å². The summed E-state index contributed by atoms with van der Waals surface area (Å²) in [5.74, 6) is -0.443. The van der Waals surface area contributed by atoms with E-state index in [0.717, 1.165) is 0 Å². The molecule has 7 heteroatoms. The number of hydrogen-bond acceptors (Lipinski definition) is 4. The lowest BCUT2D eigenvalue weighted by Gasteiger charge is -2.09. The van der Waals surface area contributed by atoms with Gasteiger partial charge >= 0.3 is 5.97 Å². The van der Waals surface area contributed by atoms with Crippen LogP contribution in [0.5, 0.6) is 5.75 Å². The molecule has 0 radical (unpaired) electrons. The molecular weight excluding hydrogens is 353 g/mol. The van der Waals surface area contributed by atoms with Crippen molar-refractivity contribution in [2.75, 3.05) is 18.5 Å². The van der Waals surface area contributed by atoms with Crippen LogP contribution < -0.4 is 10.1 Å². The summed E-state index contributed by atoms with van der Waals surface area (Å²) in [5.41, 5.74) is 0.950. The summed E-state index contributed by atoms with van der Waals surface area (Å²) >= 11 is 11.8. The van der Waals surface area contributed by atoms with Gasteiger partial charge in [0.2, 0.25) is 0 Å². The second-order valence-electron chi connectivity index (χ2n) is 4.69. The molecule has 0 aromatic heterocycles. The maximum Gasteiger partial charge on any atom is 0.338 e. The summed E-state index contributed by atoms with van der Waals surface area (Å²) in [4.78, 5) is 23.4. The Bertz CT molecular complexity index is 732. The van der Waals surface area contributed by atoms with Crippen LogP contribution in [0, 0.1) is 0 Å². The van der Waals surface area contributed by atoms with Gasteiger partial charge in [0.1, 0.15) is 10.8 Å². The Morgan fingerprint density at radius 1 is 1.08 bits per heavy atom. The highest BCUT2D eigenvalue weighted by atomic mass is 35.5. The van der Waals surface area contributed by atoms with Gasteiger partial charge in [0.05, 0.1) is 17.2 Å². The number of carbonyl (C=O) groups is 2. The maximum atomic E-state index is 11.9. The number of benzene rings is 2. The molecule has 0 heterocycles. The molecule has 0 aliphatic heterocycles. The predicted octanol–water partition coefficient (Wildman–Crippen LogP) is 4.19. The minimum absolute atomic E-state index is 0.223. The second kappa shape index (κ2) is 8.57. The number of hydrogen-bond donors (Lipinski definition) is 1. The topological polar surface area (TPSA) is 64.6 Å². The highest BCUT2D eigenvalue weighted by Gasteiger charge is 2.10. The third-order valence-electron chi connectivity index (χ3n) is 2.95. The van der Waals surface area contributed by atoms with E-state index in [0.29, 0.717) is 28.6 Å². The molecule has 24 heavy (non-hydrogen) atoms. The number of esters is 1. The first-order valence-electron chi connectivity index (χ1n) is 7.15. The molecule has 0 unspecified atom stereocenters. The average Bonchev–Trinajstić information content (AvgIpc) is 2.57. The van der Waals surface area contributed by atoms with E-state index >= 15 is 0 Å². The Morgan fingerprint density at radius 2 is 1.79 bits per heavy atom. The fourth-order valence-corrected chi connectivity index (χ4v) is 2.19. The lowest BCUT2D eigenvalue weighted by Crippen LogP contribution is -2.20. The van der Waals surface area contributed by atoms with E-state index in [2.05, 4.69) is 5.32 Å². The molecule has 0 aliphatic carbocycles. The molecule has 0 atom stereocenters. The van der Waals surface area contributed by atoms with Gasteiger partial charge in [-0.2, -0.15) is 0 Å². The molecule has 1 amide bonds. The van der Waals surface area contributed by atoms with E-state index in [-0.39, 0.29) is 17.5 Å². The number of rotatable bonds is 6. The van der Waals surface area contributed by atoms with Gasteiger partial charge in [-0.05, 0) is 43.3 Å². The van der Waals surface area contributed by atoms with Crippen LogP contribution in [-0.4, -0.2) is 25.1 Å². The molecule has 2 rings (SSSR count). The predicted molar refractivity (Wildman–Crippen MR) is 93.0 cm³/mol. The van der Waals surface area contributed by atoms with E-state index in [4.69, 9.17) is 32.7 Å². The third kappa shape index (κ3) is 4.88. The Hall–Kier alpha value is -2.24. The lowest BCUT2D eigenvalue weighted by molar-refractivity contribution is -0.118. The molecule has 0 saturated carbocycles. The Kier molecular flexibility index (Phi) is 6.46. The highest BCUT2D eigenvalue weighted by Crippen LogP contribution is 2.31. The number of amides is 1. The summed E-state index contributed by atoms with van der Waals surface area (Å²) in [6.45, 7) is 1.82. The fraction of sp³-hybridized carbons (Fsp3) is 0.176. The lowest BCUT2D eigenvalue weighted by atomic mass is 10.2. The summed E-state index contributed by atoms with van der Waals surface area (Å²) in [5, 5.41) is 3.26. The van der Waals surface area contributed by atoms with Crippen LogP contribution in [0.4, 0.5) is 5.69 Å². The molecule has 0 spiro atoms. The molecule has 2 aromatic rings. The van der Waals surface area contributed by atoms with Crippen molar-refractivity contribution in [2.45, 2.75) is 6.92 Å². The van der Waals surface area contributed by atoms with E-state index < -0.39 is 5.97 Å². The molecule has 0 aliphatic rings. The van der Waals surface area contributed by atoms with Crippen molar-refractivity contribution in [1.29, 1.82) is 0 Å². The summed E-state index contributed by atoms with van der Waals surface area (Å²) in [6.07, 6.45) is 0. The zero-order valence-corrected chi connectivity index (χ0v) is 14.4. The molecule has 0 saturated heterocycles. The Morgan fingerprint density at radius 3 is 2.46 bits per heavy atom. The fourth-order valence-electron chi connectivity index (χ4n) is 1.84. The largest absolute Gasteiger partial charge is 0.482 e. The maximum absolute atomic E-state index is 11.9. The minimum Gasteiger partial charge on any atom is -0.482 e. The van der Waals surface area contributed by atoms with Crippen molar-refractivity contribution in [1.82, 2.24) is 0 Å². The highest BCUT2D eigenvalue weighted by molar-refractivity contribution is 6.42. The monoisotopic (exact) mass is 367 g/mol. The molecule has 1 N–H and O–H groups in total. The quantitative estimate of drug-likeness (QED) is 0.777. The van der Waals surface area contributed by atoms with Gasteiger partial charge in [0.15, 0.2) is 6.61 Å². The third-order valence-corrected chi connectivity index (χ3v) is 3.76. The Labute approximate surface area is 149 Å². The Balaban J connectivity index is 1.90. The molecule has 2 aromatic carbocycles. The number of nitrogens with one attached hydrogen (secondary N) is 1. The summed E-state index contributed by atoms with van der Waals surface area (Å²) in [6, 6.07) is 11.3. The van der Waals surface area contributed by atoms with Crippen LogP contribution >= 0.6 is 23.2 Å². The zero-order chi connectivity index (χ0) is 17.5. The van der Waals surface area contributed by atoms with Gasteiger partial charge in [0, 0.05) is 5.69 Å². The van der Waals surface area contributed by atoms with Crippen LogP contribution in [-0.2, 0) is 9.53 Å². The van der Waals surface area contributed by atoms with Gasteiger partial charge in [0.25, 0.3) is 5.91 Å². The molecule has 0 fully saturated rings. The van der Waals surface area contributed by atoms with E-state index in [1.54, 1.807) is 49.4 Å². The van der Waals surface area contributed by atoms with Crippen LogP contribution in [0.3, 0.4) is 0 Å². The van der Waals surface area contributed by atoms with Crippen molar-refractivity contribution in [3.05, 3.63) is 58.1 Å². The first-order chi connectivity index (χ1) is 11.5. The summed E-state index contributed by atoms with van der Waals surface area (Å²) in [7, 11) is 0. The second-order valence-corrected chi connectivity index (χ2v) is 5.47. The van der Waals surface area contributed by atoms with Gasteiger partial charge in [-0.25, -0.2) is 4.79 Å². The van der Waals surface area contributed by atoms with Gasteiger partial charge in [-0.1, -0.05) is 29.3 Å².